The summed E-state index contributed by atoms with van der Waals surface area (Å²) in [6, 6.07) is 6.08. The summed E-state index contributed by atoms with van der Waals surface area (Å²) in [5.41, 5.74) is 14.0. The zero-order valence-corrected chi connectivity index (χ0v) is 22.9. The number of fused-ring (bicyclic) bond motifs is 2. The van der Waals surface area contributed by atoms with Gasteiger partial charge in [-0.15, -0.1) is 0 Å². The van der Waals surface area contributed by atoms with E-state index in [2.05, 4.69) is 13.0 Å². The van der Waals surface area contributed by atoms with Crippen molar-refractivity contribution in [2.75, 3.05) is 13.7 Å². The summed E-state index contributed by atoms with van der Waals surface area (Å²) in [6.07, 6.45) is 7.78. The minimum Gasteiger partial charge on any atom is -0.482 e. The third kappa shape index (κ3) is 8.90. The molecule has 0 aromatic heterocycles. The van der Waals surface area contributed by atoms with E-state index in [1.54, 1.807) is 13.8 Å². The number of ether oxygens (including phenoxy) is 2. The monoisotopic (exact) mass is 522 g/mol. The molecule has 3 rings (SSSR count). The van der Waals surface area contributed by atoms with E-state index < -0.39 is 18.4 Å². The Kier molecular flexibility index (Phi) is 12.1. The highest BCUT2D eigenvalue weighted by Gasteiger charge is 2.47. The molecule has 2 aliphatic carbocycles. The number of carbonyl (C=O) groups is 1. The zero-order chi connectivity index (χ0) is 26.8. The average molecular weight is 523 g/mol. The van der Waals surface area contributed by atoms with Gasteiger partial charge in [0.2, 0.25) is 0 Å². The van der Waals surface area contributed by atoms with E-state index in [4.69, 9.17) is 40.5 Å². The minimum atomic E-state index is -0.497. The lowest BCUT2D eigenvalue weighted by atomic mass is 9.73. The second-order valence-corrected chi connectivity index (χ2v) is 10.5. The minimum absolute atomic E-state index is 0.0131. The predicted octanol–water partition coefficient (Wildman–Crippen LogP) is 4.19. The SMILES string of the molecule is CCCCCC(CCC1C(OOC(C)N)CC2Cc3c(cccc3OCC(=O)OC)CC21)OOC(C)N. The fourth-order valence-corrected chi connectivity index (χ4v) is 5.78. The van der Waals surface area contributed by atoms with Crippen molar-refractivity contribution >= 4 is 5.97 Å². The number of unbranched alkanes of at least 4 members (excludes halogenated alkanes) is 2. The average Bonchev–Trinajstić information content (AvgIpc) is 3.22. The van der Waals surface area contributed by atoms with Gasteiger partial charge < -0.3 is 20.9 Å². The Morgan fingerprint density at radius 1 is 1.05 bits per heavy atom. The first-order chi connectivity index (χ1) is 17.8. The number of rotatable bonds is 16. The van der Waals surface area contributed by atoms with Gasteiger partial charge in [-0.05, 0) is 87.3 Å². The Morgan fingerprint density at radius 3 is 2.54 bits per heavy atom. The molecule has 2 aliphatic rings. The van der Waals surface area contributed by atoms with Gasteiger partial charge in [-0.3, -0.25) is 0 Å². The zero-order valence-electron chi connectivity index (χ0n) is 22.9. The molecule has 1 aromatic carbocycles. The lowest BCUT2D eigenvalue weighted by Crippen LogP contribution is -2.31. The molecule has 0 aliphatic heterocycles. The number of methoxy groups -OCH3 is 1. The summed E-state index contributed by atoms with van der Waals surface area (Å²) in [4.78, 5) is 34.0. The van der Waals surface area contributed by atoms with Crippen LogP contribution >= 0.6 is 0 Å². The molecule has 7 atom stereocenters. The molecular formula is C28H46N2O7. The Morgan fingerprint density at radius 2 is 1.84 bits per heavy atom. The molecule has 1 fully saturated rings. The first kappa shape index (κ1) is 29.8. The lowest BCUT2D eigenvalue weighted by molar-refractivity contribution is -0.357. The second kappa shape index (κ2) is 15.0. The number of nitrogens with two attached hydrogens (primary N) is 2. The van der Waals surface area contributed by atoms with Gasteiger partial charge >= 0.3 is 5.97 Å². The topological polar surface area (TPSA) is 124 Å². The summed E-state index contributed by atoms with van der Waals surface area (Å²) in [5.74, 6) is 1.52. The van der Waals surface area contributed by atoms with E-state index >= 15 is 0 Å². The fraction of sp³-hybridized carbons (Fsp3) is 0.750. The molecular weight excluding hydrogens is 476 g/mol. The van der Waals surface area contributed by atoms with E-state index in [1.807, 2.05) is 12.1 Å². The summed E-state index contributed by atoms with van der Waals surface area (Å²) in [6.45, 7) is 5.63. The van der Waals surface area contributed by atoms with Crippen molar-refractivity contribution in [3.63, 3.8) is 0 Å². The van der Waals surface area contributed by atoms with Crippen molar-refractivity contribution in [2.45, 2.75) is 103 Å². The molecule has 9 nitrogen and oxygen atoms in total. The van der Waals surface area contributed by atoms with Crippen molar-refractivity contribution in [3.05, 3.63) is 29.3 Å². The maximum Gasteiger partial charge on any atom is 0.343 e. The predicted molar refractivity (Wildman–Crippen MR) is 139 cm³/mol. The molecule has 9 heteroatoms. The molecule has 0 bridgehead atoms. The van der Waals surface area contributed by atoms with Crippen LogP contribution in [-0.4, -0.2) is 44.3 Å². The van der Waals surface area contributed by atoms with E-state index in [1.165, 1.54) is 18.2 Å². The maximum absolute atomic E-state index is 11.6. The van der Waals surface area contributed by atoms with Crippen LogP contribution in [0.3, 0.4) is 0 Å². The second-order valence-electron chi connectivity index (χ2n) is 10.5. The molecule has 1 saturated carbocycles. The van der Waals surface area contributed by atoms with Crippen molar-refractivity contribution in [3.8, 4) is 5.75 Å². The summed E-state index contributed by atoms with van der Waals surface area (Å²) in [7, 11) is 1.36. The molecule has 0 spiro atoms. The molecule has 37 heavy (non-hydrogen) atoms. The number of esters is 1. The van der Waals surface area contributed by atoms with Crippen LogP contribution < -0.4 is 16.2 Å². The van der Waals surface area contributed by atoms with E-state index in [-0.39, 0.29) is 18.8 Å². The normalized spacial score (nSPS) is 25.1. The van der Waals surface area contributed by atoms with Gasteiger partial charge in [0.25, 0.3) is 0 Å². The van der Waals surface area contributed by atoms with Gasteiger partial charge in [-0.2, -0.15) is 0 Å². The molecule has 7 unspecified atom stereocenters. The van der Waals surface area contributed by atoms with Crippen LogP contribution in [0.1, 0.15) is 76.8 Å². The highest BCUT2D eigenvalue weighted by molar-refractivity contribution is 5.71. The molecule has 0 radical (unpaired) electrons. The first-order valence-corrected chi connectivity index (χ1v) is 13.8. The molecule has 4 N–H and O–H groups in total. The van der Waals surface area contributed by atoms with Crippen LogP contribution in [0.25, 0.3) is 0 Å². The van der Waals surface area contributed by atoms with E-state index in [0.29, 0.717) is 17.8 Å². The van der Waals surface area contributed by atoms with E-state index in [0.717, 1.165) is 63.5 Å². The van der Waals surface area contributed by atoms with Crippen molar-refractivity contribution < 1.29 is 33.8 Å². The van der Waals surface area contributed by atoms with E-state index in [9.17, 15) is 4.79 Å². The van der Waals surface area contributed by atoms with Gasteiger partial charge in [0.05, 0.1) is 19.3 Å². The third-order valence-corrected chi connectivity index (χ3v) is 7.52. The van der Waals surface area contributed by atoms with Crippen molar-refractivity contribution in [2.24, 2.45) is 29.2 Å². The molecule has 0 amide bonds. The Bertz CT molecular complexity index is 835. The molecule has 0 saturated heterocycles. The maximum atomic E-state index is 11.6. The Hall–Kier alpha value is -1.75. The Balaban J connectivity index is 1.72. The summed E-state index contributed by atoms with van der Waals surface area (Å²) in [5, 5.41) is 0. The number of carbonyl (C=O) groups excluding carboxylic acids is 1. The van der Waals surface area contributed by atoms with Crippen molar-refractivity contribution in [1.82, 2.24) is 0 Å². The van der Waals surface area contributed by atoms with Crippen LogP contribution in [0.15, 0.2) is 18.2 Å². The van der Waals surface area contributed by atoms with Crippen LogP contribution in [0, 0.1) is 17.8 Å². The third-order valence-electron chi connectivity index (χ3n) is 7.52. The lowest BCUT2D eigenvalue weighted by Gasteiger charge is -2.33. The summed E-state index contributed by atoms with van der Waals surface area (Å²) >= 11 is 0. The fourth-order valence-electron chi connectivity index (χ4n) is 5.78. The quantitative estimate of drug-likeness (QED) is 0.108. The van der Waals surface area contributed by atoms with Crippen LogP contribution in [0.5, 0.6) is 5.75 Å². The number of hydrogen-bond acceptors (Lipinski definition) is 9. The first-order valence-electron chi connectivity index (χ1n) is 13.8. The number of benzene rings is 1. The molecule has 1 aromatic rings. The highest BCUT2D eigenvalue weighted by Crippen LogP contribution is 2.49. The van der Waals surface area contributed by atoms with Gasteiger partial charge in [-0.1, -0.05) is 38.3 Å². The van der Waals surface area contributed by atoms with Gasteiger partial charge in [0, 0.05) is 0 Å². The van der Waals surface area contributed by atoms with Crippen molar-refractivity contribution in [1.29, 1.82) is 0 Å². The van der Waals surface area contributed by atoms with Crippen LogP contribution in [0.4, 0.5) is 0 Å². The number of hydrogen-bond donors (Lipinski definition) is 2. The smallest absolute Gasteiger partial charge is 0.343 e. The summed E-state index contributed by atoms with van der Waals surface area (Å²) < 4.78 is 10.6. The van der Waals surface area contributed by atoms with Crippen LogP contribution in [0.2, 0.25) is 0 Å². The van der Waals surface area contributed by atoms with Crippen LogP contribution in [-0.2, 0) is 41.9 Å². The van der Waals surface area contributed by atoms with Gasteiger partial charge in [0.1, 0.15) is 18.2 Å². The van der Waals surface area contributed by atoms with Gasteiger partial charge in [-0.25, -0.2) is 24.3 Å². The largest absolute Gasteiger partial charge is 0.482 e. The Labute approximate surface area is 221 Å². The van der Waals surface area contributed by atoms with Gasteiger partial charge in [0.15, 0.2) is 6.61 Å². The highest BCUT2D eigenvalue weighted by atomic mass is 17.2. The molecule has 0 heterocycles. The molecule has 210 valence electrons. The standard InChI is InChI=1S/C28H46N2O7/c1-5-6-7-10-22(36-34-18(2)29)12-13-23-24-14-20-9-8-11-26(33-17-28(31)32-4)25(20)15-21(24)16-27(23)37-35-19(3)30/h8-9,11,18-19,21-24,27H,5-7,10,12-17,29-30H2,1-4H3.